The van der Waals surface area contributed by atoms with E-state index in [1.165, 1.54) is 5.57 Å². The van der Waals surface area contributed by atoms with Crippen molar-refractivity contribution >= 4 is 34.2 Å². The van der Waals surface area contributed by atoms with Gasteiger partial charge in [0.15, 0.2) is 10.9 Å². The van der Waals surface area contributed by atoms with E-state index in [-0.39, 0.29) is 5.15 Å². The van der Waals surface area contributed by atoms with Crippen LogP contribution in [-0.2, 0) is 0 Å². The van der Waals surface area contributed by atoms with Gasteiger partial charge in [-0.25, -0.2) is 4.98 Å². The molecule has 0 amide bonds. The molecule has 1 aromatic rings. The highest BCUT2D eigenvalue weighted by Gasteiger charge is 2.13. The first-order valence-electron chi connectivity index (χ1n) is 5.22. The molecule has 0 saturated heterocycles. The second kappa shape index (κ2) is 6.56. The SMILES string of the molecule is CC(C)=CCOc1c(I)cc(C(C)O)nc1Cl. The Labute approximate surface area is 120 Å². The Morgan fingerprint density at radius 1 is 1.65 bits per heavy atom. The van der Waals surface area contributed by atoms with E-state index in [9.17, 15) is 5.11 Å². The van der Waals surface area contributed by atoms with Crippen molar-refractivity contribution < 1.29 is 9.84 Å². The zero-order chi connectivity index (χ0) is 13.0. The Hall–Kier alpha value is -0.330. The number of aromatic nitrogens is 1. The number of halogens is 2. The Morgan fingerprint density at radius 3 is 2.76 bits per heavy atom. The third-order valence-electron chi connectivity index (χ3n) is 2.05. The highest BCUT2D eigenvalue weighted by molar-refractivity contribution is 14.1. The van der Waals surface area contributed by atoms with Crippen LogP contribution in [0.1, 0.15) is 32.6 Å². The zero-order valence-electron chi connectivity index (χ0n) is 10.00. The number of aliphatic hydroxyl groups excluding tert-OH is 1. The molecule has 3 nitrogen and oxygen atoms in total. The first-order chi connectivity index (χ1) is 7.91. The minimum Gasteiger partial charge on any atom is -0.485 e. The smallest absolute Gasteiger partial charge is 0.172 e. The summed E-state index contributed by atoms with van der Waals surface area (Å²) >= 11 is 8.14. The number of pyridine rings is 1. The van der Waals surface area contributed by atoms with E-state index >= 15 is 0 Å². The van der Waals surface area contributed by atoms with E-state index in [1.807, 2.05) is 19.9 Å². The van der Waals surface area contributed by atoms with Gasteiger partial charge in [0.25, 0.3) is 0 Å². The minimum absolute atomic E-state index is 0.287. The molecule has 1 N–H and O–H groups in total. The molecule has 0 aromatic carbocycles. The molecule has 1 aromatic heterocycles. The lowest BCUT2D eigenvalue weighted by Crippen LogP contribution is -2.02. The average Bonchev–Trinajstić information content (AvgIpc) is 2.21. The van der Waals surface area contributed by atoms with Gasteiger partial charge in [-0.3, -0.25) is 0 Å². The highest BCUT2D eigenvalue weighted by Crippen LogP contribution is 2.30. The van der Waals surface area contributed by atoms with Crippen molar-refractivity contribution in [3.63, 3.8) is 0 Å². The van der Waals surface area contributed by atoms with Gasteiger partial charge in [-0.2, -0.15) is 0 Å². The molecule has 0 bridgehead atoms. The van der Waals surface area contributed by atoms with Crippen LogP contribution < -0.4 is 4.74 Å². The Morgan fingerprint density at radius 2 is 2.29 bits per heavy atom. The molecule has 0 radical (unpaired) electrons. The van der Waals surface area contributed by atoms with E-state index in [4.69, 9.17) is 16.3 Å². The number of hydrogen-bond acceptors (Lipinski definition) is 3. The lowest BCUT2D eigenvalue weighted by Gasteiger charge is -2.11. The predicted molar refractivity (Wildman–Crippen MR) is 77.5 cm³/mol. The van der Waals surface area contributed by atoms with Crippen molar-refractivity contribution in [2.24, 2.45) is 0 Å². The van der Waals surface area contributed by atoms with Crippen LogP contribution in [0.4, 0.5) is 0 Å². The fraction of sp³-hybridized carbons (Fsp3) is 0.417. The highest BCUT2D eigenvalue weighted by atomic mass is 127. The Kier molecular flexibility index (Phi) is 5.69. The molecular formula is C12H15ClINO2. The summed E-state index contributed by atoms with van der Waals surface area (Å²) in [6.45, 7) is 6.13. The molecule has 1 atom stereocenters. The first kappa shape index (κ1) is 14.7. The van der Waals surface area contributed by atoms with Crippen LogP contribution in [0.15, 0.2) is 17.7 Å². The van der Waals surface area contributed by atoms with Gasteiger partial charge in [0.1, 0.15) is 6.61 Å². The normalized spacial score (nSPS) is 12.1. The first-order valence-corrected chi connectivity index (χ1v) is 6.67. The van der Waals surface area contributed by atoms with Gasteiger partial charge in [0.2, 0.25) is 0 Å². The summed E-state index contributed by atoms with van der Waals surface area (Å²) in [4.78, 5) is 4.10. The zero-order valence-corrected chi connectivity index (χ0v) is 12.9. The molecule has 17 heavy (non-hydrogen) atoms. The van der Waals surface area contributed by atoms with Crippen LogP contribution in [-0.4, -0.2) is 16.7 Å². The molecule has 94 valence electrons. The second-order valence-electron chi connectivity index (χ2n) is 3.92. The summed E-state index contributed by atoms with van der Waals surface area (Å²) in [5.41, 5.74) is 1.73. The lowest BCUT2D eigenvalue weighted by molar-refractivity contribution is 0.194. The van der Waals surface area contributed by atoms with Crippen LogP contribution in [0.25, 0.3) is 0 Å². The molecule has 0 fully saturated rings. The maximum Gasteiger partial charge on any atom is 0.172 e. The monoisotopic (exact) mass is 367 g/mol. The van der Waals surface area contributed by atoms with Crippen LogP contribution in [0, 0.1) is 3.57 Å². The maximum atomic E-state index is 9.44. The summed E-state index contributed by atoms with van der Waals surface area (Å²) in [5.74, 6) is 0.564. The van der Waals surface area contributed by atoms with Crippen LogP contribution in [0.2, 0.25) is 5.15 Å². The fourth-order valence-corrected chi connectivity index (χ4v) is 2.27. The van der Waals surface area contributed by atoms with Crippen molar-refractivity contribution in [2.75, 3.05) is 6.61 Å². The summed E-state index contributed by atoms with van der Waals surface area (Å²) in [7, 11) is 0. The molecule has 0 aliphatic rings. The number of ether oxygens (including phenoxy) is 1. The predicted octanol–water partition coefficient (Wildman–Crippen LogP) is 3.74. The quantitative estimate of drug-likeness (QED) is 0.501. The van der Waals surface area contributed by atoms with Gasteiger partial charge >= 0.3 is 0 Å². The largest absolute Gasteiger partial charge is 0.485 e. The van der Waals surface area contributed by atoms with Crippen molar-refractivity contribution in [1.82, 2.24) is 4.98 Å². The third kappa shape index (κ3) is 4.44. The van der Waals surface area contributed by atoms with Gasteiger partial charge in [0, 0.05) is 0 Å². The van der Waals surface area contributed by atoms with Gasteiger partial charge in [-0.15, -0.1) is 0 Å². The number of hydrogen-bond donors (Lipinski definition) is 1. The van der Waals surface area contributed by atoms with E-state index in [2.05, 4.69) is 27.6 Å². The molecular weight excluding hydrogens is 352 g/mol. The van der Waals surface area contributed by atoms with E-state index < -0.39 is 6.10 Å². The van der Waals surface area contributed by atoms with Crippen molar-refractivity contribution in [2.45, 2.75) is 26.9 Å². The van der Waals surface area contributed by atoms with Crippen LogP contribution >= 0.6 is 34.2 Å². The Bertz CT molecular complexity index is 406. The number of allylic oxidation sites excluding steroid dienone is 1. The number of aliphatic hydroxyl groups is 1. The third-order valence-corrected chi connectivity index (χ3v) is 3.11. The van der Waals surface area contributed by atoms with Crippen molar-refractivity contribution in [3.05, 3.63) is 32.1 Å². The molecule has 1 heterocycles. The summed E-state index contributed by atoms with van der Waals surface area (Å²) < 4.78 is 6.40. The minimum atomic E-state index is -0.632. The number of rotatable bonds is 4. The topological polar surface area (TPSA) is 42.4 Å². The summed E-state index contributed by atoms with van der Waals surface area (Å²) in [6.07, 6.45) is 1.34. The standard InChI is InChI=1S/C12H15ClINO2/c1-7(2)4-5-17-11-9(14)6-10(8(3)16)15-12(11)13/h4,6,8,16H,5H2,1-3H3. The van der Waals surface area contributed by atoms with Crippen molar-refractivity contribution in [3.8, 4) is 5.75 Å². The van der Waals surface area contributed by atoms with Crippen molar-refractivity contribution in [1.29, 1.82) is 0 Å². The average molecular weight is 368 g/mol. The van der Waals surface area contributed by atoms with Crippen LogP contribution in [0.5, 0.6) is 5.75 Å². The van der Waals surface area contributed by atoms with Gasteiger partial charge in [-0.05, 0) is 55.5 Å². The summed E-state index contributed by atoms with van der Waals surface area (Å²) in [6, 6.07) is 1.77. The number of nitrogens with zero attached hydrogens (tertiary/aromatic N) is 1. The molecule has 1 unspecified atom stereocenters. The molecule has 0 saturated carbocycles. The molecule has 0 aliphatic carbocycles. The van der Waals surface area contributed by atoms with E-state index in [0.29, 0.717) is 18.1 Å². The molecule has 1 rings (SSSR count). The van der Waals surface area contributed by atoms with Gasteiger partial charge < -0.3 is 9.84 Å². The van der Waals surface area contributed by atoms with E-state index in [0.717, 1.165) is 3.57 Å². The molecule has 5 heteroatoms. The van der Waals surface area contributed by atoms with Gasteiger partial charge in [0.05, 0.1) is 15.4 Å². The molecule has 0 spiro atoms. The summed E-state index contributed by atoms with van der Waals surface area (Å²) in [5, 5.41) is 9.72. The maximum absolute atomic E-state index is 9.44. The molecule has 0 aliphatic heterocycles. The lowest BCUT2D eigenvalue weighted by atomic mass is 10.2. The van der Waals surface area contributed by atoms with E-state index in [1.54, 1.807) is 13.0 Å². The van der Waals surface area contributed by atoms with Crippen LogP contribution in [0.3, 0.4) is 0 Å². The second-order valence-corrected chi connectivity index (χ2v) is 5.44. The Balaban J connectivity index is 2.90. The van der Waals surface area contributed by atoms with Gasteiger partial charge in [-0.1, -0.05) is 17.2 Å². The fourth-order valence-electron chi connectivity index (χ4n) is 1.12.